The zero-order valence-corrected chi connectivity index (χ0v) is 10.5. The van der Waals surface area contributed by atoms with Gasteiger partial charge in [-0.15, -0.1) is 0 Å². The normalized spacial score (nSPS) is 20.9. The molecule has 1 aromatic heterocycles. The van der Waals surface area contributed by atoms with Crippen molar-refractivity contribution in [1.29, 1.82) is 0 Å². The number of nitrogens with one attached hydrogen (secondary N) is 1. The highest BCUT2D eigenvalue weighted by Gasteiger charge is 2.22. The van der Waals surface area contributed by atoms with Gasteiger partial charge in [0.1, 0.15) is 0 Å². The number of methoxy groups -OCH3 is 1. The molecule has 6 nitrogen and oxygen atoms in total. The van der Waals surface area contributed by atoms with Gasteiger partial charge in [0, 0.05) is 25.8 Å². The molecule has 1 aliphatic rings. The minimum atomic E-state index is -0.393. The number of carbonyl (C=O) groups excluding carboxylic acids is 1. The standard InChI is InChI=1S/C12H19N3O3/c1-17-10-3-2-5-15(8-10)7-9-4-6-18-11(9)12(16)14-13/h4,6,10H,2-3,5,7-8,13H2,1H3,(H,14,16). The fourth-order valence-corrected chi connectivity index (χ4v) is 2.31. The Bertz CT molecular complexity index is 405. The van der Waals surface area contributed by atoms with E-state index >= 15 is 0 Å². The molecular weight excluding hydrogens is 234 g/mol. The molecular formula is C12H19N3O3. The molecule has 0 bridgehead atoms. The van der Waals surface area contributed by atoms with Crippen LogP contribution in [0.3, 0.4) is 0 Å². The second-order valence-electron chi connectivity index (χ2n) is 4.48. The fourth-order valence-electron chi connectivity index (χ4n) is 2.31. The van der Waals surface area contributed by atoms with Crippen molar-refractivity contribution >= 4 is 5.91 Å². The van der Waals surface area contributed by atoms with Crippen molar-refractivity contribution in [3.8, 4) is 0 Å². The van der Waals surface area contributed by atoms with Crippen LogP contribution in [0.15, 0.2) is 16.7 Å². The van der Waals surface area contributed by atoms with Crippen LogP contribution in [0.5, 0.6) is 0 Å². The van der Waals surface area contributed by atoms with Gasteiger partial charge in [-0.05, 0) is 25.5 Å². The van der Waals surface area contributed by atoms with Crippen LogP contribution in [-0.2, 0) is 11.3 Å². The van der Waals surface area contributed by atoms with Crippen molar-refractivity contribution in [2.75, 3.05) is 20.2 Å². The molecule has 1 unspecified atom stereocenters. The fraction of sp³-hybridized carbons (Fsp3) is 0.583. The lowest BCUT2D eigenvalue weighted by atomic mass is 10.1. The molecule has 1 aromatic rings. The average molecular weight is 253 g/mol. The first-order valence-electron chi connectivity index (χ1n) is 6.07. The molecule has 0 aliphatic carbocycles. The largest absolute Gasteiger partial charge is 0.459 e. The van der Waals surface area contributed by atoms with Crippen molar-refractivity contribution in [3.05, 3.63) is 23.7 Å². The van der Waals surface area contributed by atoms with Crippen LogP contribution >= 0.6 is 0 Å². The second kappa shape index (κ2) is 5.99. The number of hydrazine groups is 1. The lowest BCUT2D eigenvalue weighted by molar-refractivity contribution is 0.0284. The molecule has 0 saturated carbocycles. The van der Waals surface area contributed by atoms with E-state index in [1.165, 1.54) is 6.26 Å². The van der Waals surface area contributed by atoms with Crippen LogP contribution in [0.1, 0.15) is 29.0 Å². The monoisotopic (exact) mass is 253 g/mol. The number of carbonyl (C=O) groups is 1. The number of rotatable bonds is 4. The minimum absolute atomic E-state index is 0.275. The summed E-state index contributed by atoms with van der Waals surface area (Å²) in [6, 6.07) is 1.81. The van der Waals surface area contributed by atoms with E-state index in [-0.39, 0.29) is 11.9 Å². The number of hydrogen-bond donors (Lipinski definition) is 2. The molecule has 3 N–H and O–H groups in total. The average Bonchev–Trinajstić information content (AvgIpc) is 2.86. The molecule has 2 rings (SSSR count). The third-order valence-corrected chi connectivity index (χ3v) is 3.27. The zero-order valence-electron chi connectivity index (χ0n) is 10.5. The van der Waals surface area contributed by atoms with Gasteiger partial charge in [0.2, 0.25) is 0 Å². The van der Waals surface area contributed by atoms with E-state index in [0.717, 1.165) is 31.5 Å². The van der Waals surface area contributed by atoms with E-state index in [1.807, 2.05) is 0 Å². The Kier molecular flexibility index (Phi) is 4.35. The Morgan fingerprint density at radius 1 is 1.72 bits per heavy atom. The summed E-state index contributed by atoms with van der Waals surface area (Å²) in [4.78, 5) is 13.7. The molecule has 0 radical (unpaired) electrons. The zero-order chi connectivity index (χ0) is 13.0. The van der Waals surface area contributed by atoms with E-state index in [4.69, 9.17) is 15.0 Å². The summed E-state index contributed by atoms with van der Waals surface area (Å²) in [5.74, 6) is 5.01. The van der Waals surface area contributed by atoms with Gasteiger partial charge in [-0.3, -0.25) is 15.1 Å². The molecule has 18 heavy (non-hydrogen) atoms. The van der Waals surface area contributed by atoms with Crippen molar-refractivity contribution in [2.24, 2.45) is 5.84 Å². The van der Waals surface area contributed by atoms with Gasteiger partial charge in [0.05, 0.1) is 12.4 Å². The van der Waals surface area contributed by atoms with Crippen molar-refractivity contribution < 1.29 is 13.9 Å². The summed E-state index contributed by atoms with van der Waals surface area (Å²) in [5, 5.41) is 0. The number of ether oxygens (including phenoxy) is 1. The number of hydrogen-bond acceptors (Lipinski definition) is 5. The highest BCUT2D eigenvalue weighted by molar-refractivity contribution is 5.92. The summed E-state index contributed by atoms with van der Waals surface area (Å²) in [7, 11) is 1.74. The first kappa shape index (κ1) is 13.1. The quantitative estimate of drug-likeness (QED) is 0.464. The first-order chi connectivity index (χ1) is 8.74. The van der Waals surface area contributed by atoms with Gasteiger partial charge in [0.15, 0.2) is 5.76 Å². The molecule has 1 amide bonds. The van der Waals surface area contributed by atoms with Crippen molar-refractivity contribution in [3.63, 3.8) is 0 Å². The predicted molar refractivity (Wildman–Crippen MR) is 65.7 cm³/mol. The number of amides is 1. The molecule has 1 saturated heterocycles. The van der Waals surface area contributed by atoms with Crippen LogP contribution in [0.4, 0.5) is 0 Å². The van der Waals surface area contributed by atoms with Gasteiger partial charge in [-0.2, -0.15) is 0 Å². The van der Waals surface area contributed by atoms with Gasteiger partial charge in [-0.1, -0.05) is 0 Å². The van der Waals surface area contributed by atoms with E-state index in [0.29, 0.717) is 6.54 Å². The maximum Gasteiger partial charge on any atom is 0.301 e. The Balaban J connectivity index is 2.00. The molecule has 1 atom stereocenters. The number of nitrogen functional groups attached to an aromatic ring is 1. The third-order valence-electron chi connectivity index (χ3n) is 3.27. The SMILES string of the molecule is COC1CCCN(Cc2ccoc2C(=O)NN)C1. The van der Waals surface area contributed by atoms with E-state index in [9.17, 15) is 4.79 Å². The van der Waals surface area contributed by atoms with E-state index < -0.39 is 5.91 Å². The number of nitrogens with zero attached hydrogens (tertiary/aromatic N) is 1. The van der Waals surface area contributed by atoms with Gasteiger partial charge in [0.25, 0.3) is 0 Å². The third kappa shape index (κ3) is 2.90. The van der Waals surface area contributed by atoms with Crippen molar-refractivity contribution in [1.82, 2.24) is 10.3 Å². The van der Waals surface area contributed by atoms with Crippen LogP contribution in [0, 0.1) is 0 Å². The molecule has 1 aliphatic heterocycles. The molecule has 2 heterocycles. The molecule has 100 valence electrons. The lowest BCUT2D eigenvalue weighted by Crippen LogP contribution is -2.39. The Hall–Kier alpha value is -1.37. The highest BCUT2D eigenvalue weighted by Crippen LogP contribution is 2.18. The molecule has 1 fully saturated rings. The van der Waals surface area contributed by atoms with Crippen molar-refractivity contribution in [2.45, 2.75) is 25.5 Å². The topological polar surface area (TPSA) is 80.7 Å². The Morgan fingerprint density at radius 3 is 3.28 bits per heavy atom. The van der Waals surface area contributed by atoms with Crippen LogP contribution < -0.4 is 11.3 Å². The summed E-state index contributed by atoms with van der Waals surface area (Å²) in [5.41, 5.74) is 2.95. The number of nitrogens with two attached hydrogens (primary N) is 1. The smallest absolute Gasteiger partial charge is 0.301 e. The van der Waals surface area contributed by atoms with E-state index in [1.54, 1.807) is 13.2 Å². The predicted octanol–water partition coefficient (Wildman–Crippen LogP) is 0.494. The van der Waals surface area contributed by atoms with E-state index in [2.05, 4.69) is 10.3 Å². The Morgan fingerprint density at radius 2 is 2.56 bits per heavy atom. The van der Waals surface area contributed by atoms with Crippen LogP contribution in [0.2, 0.25) is 0 Å². The number of likely N-dealkylation sites (tertiary alicyclic amines) is 1. The molecule has 0 spiro atoms. The van der Waals surface area contributed by atoms with Gasteiger partial charge in [-0.25, -0.2) is 5.84 Å². The second-order valence-corrected chi connectivity index (χ2v) is 4.48. The summed E-state index contributed by atoms with van der Waals surface area (Å²) in [6.07, 6.45) is 3.98. The molecule has 6 heteroatoms. The summed E-state index contributed by atoms with van der Waals surface area (Å²) < 4.78 is 10.5. The van der Waals surface area contributed by atoms with Crippen LogP contribution in [-0.4, -0.2) is 37.1 Å². The molecule has 0 aromatic carbocycles. The maximum atomic E-state index is 11.5. The van der Waals surface area contributed by atoms with Gasteiger partial charge >= 0.3 is 5.91 Å². The highest BCUT2D eigenvalue weighted by atomic mass is 16.5. The summed E-state index contributed by atoms with van der Waals surface area (Å²) in [6.45, 7) is 2.57. The van der Waals surface area contributed by atoms with Crippen LogP contribution in [0.25, 0.3) is 0 Å². The minimum Gasteiger partial charge on any atom is -0.459 e. The maximum absolute atomic E-state index is 11.5. The summed E-state index contributed by atoms with van der Waals surface area (Å²) >= 11 is 0. The number of piperidine rings is 1. The first-order valence-corrected chi connectivity index (χ1v) is 6.07. The Labute approximate surface area is 106 Å². The number of furan rings is 1. The lowest BCUT2D eigenvalue weighted by Gasteiger charge is -2.31. The van der Waals surface area contributed by atoms with Gasteiger partial charge < -0.3 is 9.15 Å².